The van der Waals surface area contributed by atoms with Crippen LogP contribution in [-0.2, 0) is 20.8 Å². The molecule has 112 valence electrons. The van der Waals surface area contributed by atoms with Crippen LogP contribution < -0.4 is 21.6 Å². The normalized spacial score (nSPS) is 10.0. The lowest BCUT2D eigenvalue weighted by molar-refractivity contribution is -0.116. The maximum absolute atomic E-state index is 11.6. The van der Waals surface area contributed by atoms with Gasteiger partial charge in [0.25, 0.3) is 0 Å². The number of carbonyl (C=O) groups is 3. The Morgan fingerprint density at radius 1 is 1.10 bits per heavy atom. The lowest BCUT2D eigenvalue weighted by Gasteiger charge is -2.11. The first-order chi connectivity index (χ1) is 9.94. The predicted octanol–water partition coefficient (Wildman–Crippen LogP) is -1.21. The highest BCUT2D eigenvalue weighted by Crippen LogP contribution is 2.20. The van der Waals surface area contributed by atoms with Crippen molar-refractivity contribution in [2.24, 2.45) is 5.73 Å². The smallest absolute Gasteiger partial charge is 0.238 e. The second kappa shape index (κ2) is 8.18. The molecule has 1 rings (SSSR count). The van der Waals surface area contributed by atoms with Crippen LogP contribution in [0, 0.1) is 0 Å². The monoisotopic (exact) mass is 290 g/mol. The molecule has 0 radical (unpaired) electrons. The van der Waals surface area contributed by atoms with Gasteiger partial charge in [-0.25, -0.2) is 0 Å². The number of nitrogens with two attached hydrogens (primary N) is 1. The molecule has 1 aromatic rings. The highest BCUT2D eigenvalue weighted by molar-refractivity contribution is 6.07. The molecule has 0 aliphatic rings. The molecular formula is C13H19BN4O3. The van der Waals surface area contributed by atoms with Gasteiger partial charge in [0.1, 0.15) is 5.78 Å². The summed E-state index contributed by atoms with van der Waals surface area (Å²) in [6.45, 7) is 1.50. The molecule has 0 saturated carbocycles. The maximum atomic E-state index is 11.6. The van der Waals surface area contributed by atoms with E-state index in [0.717, 1.165) is 0 Å². The molecule has 0 fully saturated rings. The fraction of sp³-hybridized carbons (Fsp3) is 0.308. The van der Waals surface area contributed by atoms with Crippen LogP contribution in [0.3, 0.4) is 0 Å². The maximum Gasteiger partial charge on any atom is 0.238 e. The van der Waals surface area contributed by atoms with E-state index in [-0.39, 0.29) is 37.1 Å². The number of ketones is 1. The topological polar surface area (TPSA) is 113 Å². The van der Waals surface area contributed by atoms with Gasteiger partial charge in [-0.2, -0.15) is 0 Å². The lowest BCUT2D eigenvalue weighted by atomic mass is 10.1. The average molecular weight is 290 g/mol. The van der Waals surface area contributed by atoms with Crippen molar-refractivity contribution in [1.29, 1.82) is 0 Å². The number of benzene rings is 1. The van der Waals surface area contributed by atoms with Crippen molar-refractivity contribution < 1.29 is 14.4 Å². The minimum atomic E-state index is -0.345. The van der Waals surface area contributed by atoms with E-state index in [1.807, 2.05) is 0 Å². The number of carbonyl (C=O) groups excluding carboxylic acids is 3. The van der Waals surface area contributed by atoms with Crippen molar-refractivity contribution in [3.8, 4) is 0 Å². The Balaban J connectivity index is 2.99. The molecule has 8 heteroatoms. The second-order valence-electron chi connectivity index (χ2n) is 4.63. The predicted molar refractivity (Wildman–Crippen MR) is 83.7 cm³/mol. The molecule has 5 N–H and O–H groups in total. The summed E-state index contributed by atoms with van der Waals surface area (Å²) in [5.41, 5.74) is 6.96. The summed E-state index contributed by atoms with van der Waals surface area (Å²) in [4.78, 5) is 34.2. The number of anilines is 2. The number of amides is 2. The van der Waals surface area contributed by atoms with Crippen LogP contribution >= 0.6 is 0 Å². The Kier molecular flexibility index (Phi) is 6.57. The van der Waals surface area contributed by atoms with E-state index in [9.17, 15) is 14.4 Å². The zero-order valence-electron chi connectivity index (χ0n) is 12.2. The zero-order valence-corrected chi connectivity index (χ0v) is 12.2. The van der Waals surface area contributed by atoms with E-state index in [2.05, 4.69) is 15.9 Å². The van der Waals surface area contributed by atoms with Gasteiger partial charge in [0.2, 0.25) is 11.8 Å². The molecule has 21 heavy (non-hydrogen) atoms. The van der Waals surface area contributed by atoms with Crippen molar-refractivity contribution >= 4 is 37.0 Å². The van der Waals surface area contributed by atoms with Gasteiger partial charge in [-0.1, -0.05) is 0 Å². The summed E-state index contributed by atoms with van der Waals surface area (Å²) in [6, 6.07) is 5.00. The summed E-state index contributed by atoms with van der Waals surface area (Å²) in [5, 5.41) is 8.04. The number of hydrogen-bond donors (Lipinski definition) is 4. The van der Waals surface area contributed by atoms with E-state index in [4.69, 9.17) is 5.73 Å². The number of nitrogens with one attached hydrogen (secondary N) is 3. The highest BCUT2D eigenvalue weighted by Gasteiger charge is 2.08. The quantitative estimate of drug-likeness (QED) is 0.471. The summed E-state index contributed by atoms with van der Waals surface area (Å²) in [7, 11) is 1.67. The van der Waals surface area contributed by atoms with E-state index in [1.165, 1.54) is 6.92 Å². The van der Waals surface area contributed by atoms with Crippen LogP contribution in [0.15, 0.2) is 18.2 Å². The SMILES string of the molecule is BNCC(=O)Nc1cc(CC(C)=O)cc(NC(=O)CN)c1. The van der Waals surface area contributed by atoms with Crippen molar-refractivity contribution in [2.75, 3.05) is 23.7 Å². The summed E-state index contributed by atoms with van der Waals surface area (Å²) in [5.74, 6) is -0.569. The lowest BCUT2D eigenvalue weighted by Crippen LogP contribution is -2.26. The molecule has 0 aromatic heterocycles. The summed E-state index contributed by atoms with van der Waals surface area (Å²) >= 11 is 0. The van der Waals surface area contributed by atoms with E-state index >= 15 is 0 Å². The van der Waals surface area contributed by atoms with Gasteiger partial charge in [0, 0.05) is 17.8 Å². The summed E-state index contributed by atoms with van der Waals surface area (Å²) in [6.07, 6.45) is 0.223. The molecule has 0 spiro atoms. The second-order valence-corrected chi connectivity index (χ2v) is 4.63. The van der Waals surface area contributed by atoms with Crippen LogP contribution in [0.1, 0.15) is 12.5 Å². The number of hydrogen-bond acceptors (Lipinski definition) is 5. The number of Topliss-reactive ketones (excluding diaryl/α,β-unsaturated/α-hetero) is 1. The number of rotatable bonds is 7. The van der Waals surface area contributed by atoms with Gasteiger partial charge < -0.3 is 21.6 Å². The molecular weight excluding hydrogens is 271 g/mol. The Morgan fingerprint density at radius 2 is 1.67 bits per heavy atom. The molecule has 0 heterocycles. The molecule has 0 unspecified atom stereocenters. The molecule has 0 saturated heterocycles. The Bertz CT molecular complexity index is 548. The van der Waals surface area contributed by atoms with Gasteiger partial charge >= 0.3 is 0 Å². The fourth-order valence-electron chi connectivity index (χ4n) is 1.80. The third-order valence-corrected chi connectivity index (χ3v) is 2.54. The third-order valence-electron chi connectivity index (χ3n) is 2.54. The van der Waals surface area contributed by atoms with E-state index in [0.29, 0.717) is 16.9 Å². The van der Waals surface area contributed by atoms with Crippen molar-refractivity contribution in [3.63, 3.8) is 0 Å². The van der Waals surface area contributed by atoms with Crippen molar-refractivity contribution in [3.05, 3.63) is 23.8 Å². The molecule has 0 atom stereocenters. The minimum absolute atomic E-state index is 0.00944. The highest BCUT2D eigenvalue weighted by atomic mass is 16.2. The minimum Gasteiger partial charge on any atom is -0.354 e. The Morgan fingerprint density at radius 3 is 2.14 bits per heavy atom. The van der Waals surface area contributed by atoms with Crippen LogP contribution in [0.25, 0.3) is 0 Å². The fourth-order valence-corrected chi connectivity index (χ4v) is 1.80. The van der Waals surface area contributed by atoms with E-state index < -0.39 is 0 Å². The van der Waals surface area contributed by atoms with E-state index in [1.54, 1.807) is 26.2 Å². The first-order valence-corrected chi connectivity index (χ1v) is 6.52. The van der Waals surface area contributed by atoms with Gasteiger partial charge in [-0.05, 0) is 30.7 Å². The molecule has 0 bridgehead atoms. The average Bonchev–Trinajstić information content (AvgIpc) is 2.37. The van der Waals surface area contributed by atoms with Crippen LogP contribution in [0.4, 0.5) is 11.4 Å². The van der Waals surface area contributed by atoms with Crippen LogP contribution in [0.2, 0.25) is 0 Å². The zero-order chi connectivity index (χ0) is 15.8. The Hall–Kier alpha value is -2.19. The largest absolute Gasteiger partial charge is 0.354 e. The van der Waals surface area contributed by atoms with Gasteiger partial charge in [0.15, 0.2) is 7.98 Å². The third kappa shape index (κ3) is 6.20. The molecule has 2 amide bonds. The Labute approximate surface area is 124 Å². The molecule has 1 aromatic carbocycles. The van der Waals surface area contributed by atoms with Gasteiger partial charge in [-0.15, -0.1) is 0 Å². The standard InChI is InChI=1S/C13H19BN4O3/c1-8(19)2-9-3-10(17-12(20)6-15)5-11(4-9)18-13(21)7-16-14/h3-5,16H,2,6-7,14-15H2,1H3,(H,17,20)(H,18,21). The summed E-state index contributed by atoms with van der Waals surface area (Å²) < 4.78 is 0. The molecule has 7 nitrogen and oxygen atoms in total. The van der Waals surface area contributed by atoms with Crippen LogP contribution in [0.5, 0.6) is 0 Å². The molecule has 0 aliphatic heterocycles. The molecule has 0 aliphatic carbocycles. The first-order valence-electron chi connectivity index (χ1n) is 6.52. The first kappa shape index (κ1) is 16.9. The van der Waals surface area contributed by atoms with Gasteiger partial charge in [0.05, 0.1) is 13.1 Å². The van der Waals surface area contributed by atoms with Crippen molar-refractivity contribution in [1.82, 2.24) is 5.23 Å². The van der Waals surface area contributed by atoms with Crippen LogP contribution in [-0.4, -0.2) is 38.7 Å². The van der Waals surface area contributed by atoms with Crippen molar-refractivity contribution in [2.45, 2.75) is 13.3 Å². The van der Waals surface area contributed by atoms with Gasteiger partial charge in [-0.3, -0.25) is 14.4 Å².